The van der Waals surface area contributed by atoms with Crippen LogP contribution in [-0.2, 0) is 6.54 Å². The molecule has 1 atom stereocenters. The lowest BCUT2D eigenvalue weighted by Crippen LogP contribution is -2.36. The van der Waals surface area contributed by atoms with Crippen molar-refractivity contribution < 1.29 is 4.79 Å². The smallest absolute Gasteiger partial charge is 0.271 e. The molecule has 0 radical (unpaired) electrons. The quantitative estimate of drug-likeness (QED) is 0.914. The Morgan fingerprint density at radius 2 is 2.45 bits per heavy atom. The summed E-state index contributed by atoms with van der Waals surface area (Å²) in [6, 6.07) is 2.01. The first-order valence-electron chi connectivity index (χ1n) is 7.13. The number of nitrogens with zero attached hydrogens (tertiary/aromatic N) is 5. The minimum atomic E-state index is -0.160. The molecule has 1 aliphatic rings. The molecule has 2 aromatic rings. The van der Waals surface area contributed by atoms with Crippen molar-refractivity contribution in [2.45, 2.75) is 25.4 Å². The van der Waals surface area contributed by atoms with Gasteiger partial charge in [-0.3, -0.25) is 14.4 Å². The number of hydrogen-bond acceptors (Lipinski definition) is 6. The van der Waals surface area contributed by atoms with Crippen LogP contribution in [0.3, 0.4) is 0 Å². The van der Waals surface area contributed by atoms with Crippen molar-refractivity contribution in [1.29, 1.82) is 0 Å². The SMILES string of the molecule is CNC(=O)c1ccn([C@@H]2CCCN(Cc3nnsc3Cl)C2)n1. The van der Waals surface area contributed by atoms with Crippen molar-refractivity contribution in [2.75, 3.05) is 20.1 Å². The van der Waals surface area contributed by atoms with E-state index in [1.165, 1.54) is 11.5 Å². The van der Waals surface area contributed by atoms with Crippen LogP contribution in [0, 0.1) is 0 Å². The Kier molecular flexibility index (Phi) is 4.70. The Bertz CT molecular complexity index is 657. The van der Waals surface area contributed by atoms with Gasteiger partial charge in [0.2, 0.25) is 0 Å². The van der Waals surface area contributed by atoms with E-state index in [1.54, 1.807) is 13.1 Å². The Balaban J connectivity index is 1.66. The predicted molar refractivity (Wildman–Crippen MR) is 84.1 cm³/mol. The number of carbonyl (C=O) groups is 1. The second-order valence-corrected chi connectivity index (χ2v) is 6.64. The van der Waals surface area contributed by atoms with Gasteiger partial charge in [-0.05, 0) is 25.5 Å². The number of halogens is 1. The van der Waals surface area contributed by atoms with Gasteiger partial charge in [-0.25, -0.2) is 0 Å². The number of carbonyl (C=O) groups excluding carboxylic acids is 1. The van der Waals surface area contributed by atoms with E-state index in [0.717, 1.165) is 31.6 Å². The van der Waals surface area contributed by atoms with E-state index in [4.69, 9.17) is 11.6 Å². The van der Waals surface area contributed by atoms with Crippen molar-refractivity contribution >= 4 is 29.0 Å². The standard InChI is InChI=1S/C13H17ClN6OS/c1-15-13(21)10-4-6-20(17-10)9-3-2-5-19(7-9)8-11-12(14)22-18-16-11/h4,6,9H,2-3,5,7-8H2,1H3,(H,15,21)/t9-/m1/s1. The summed E-state index contributed by atoms with van der Waals surface area (Å²) in [4.78, 5) is 13.9. The van der Waals surface area contributed by atoms with Crippen LogP contribution in [0.4, 0.5) is 0 Å². The average Bonchev–Trinajstić information content (AvgIpc) is 3.17. The maximum Gasteiger partial charge on any atom is 0.271 e. The fourth-order valence-electron chi connectivity index (χ4n) is 2.68. The summed E-state index contributed by atoms with van der Waals surface area (Å²) in [5, 5.41) is 11.0. The lowest BCUT2D eigenvalue weighted by molar-refractivity contribution is 0.0955. The third-order valence-corrected chi connectivity index (χ3v) is 4.79. The van der Waals surface area contributed by atoms with Gasteiger partial charge in [0.1, 0.15) is 15.7 Å². The zero-order valence-electron chi connectivity index (χ0n) is 12.2. The summed E-state index contributed by atoms with van der Waals surface area (Å²) in [5.41, 5.74) is 1.28. The van der Waals surface area contributed by atoms with Crippen molar-refractivity contribution in [2.24, 2.45) is 0 Å². The Morgan fingerprint density at radius 3 is 3.18 bits per heavy atom. The molecule has 1 fully saturated rings. The number of nitrogens with one attached hydrogen (secondary N) is 1. The molecule has 2 aromatic heterocycles. The molecule has 3 rings (SSSR count). The van der Waals surface area contributed by atoms with Crippen LogP contribution in [0.25, 0.3) is 0 Å². The maximum absolute atomic E-state index is 11.6. The van der Waals surface area contributed by atoms with Gasteiger partial charge in [-0.2, -0.15) is 5.10 Å². The highest BCUT2D eigenvalue weighted by atomic mass is 35.5. The molecule has 9 heteroatoms. The van der Waals surface area contributed by atoms with Gasteiger partial charge in [-0.15, -0.1) is 5.10 Å². The van der Waals surface area contributed by atoms with E-state index in [0.29, 0.717) is 16.6 Å². The minimum absolute atomic E-state index is 0.160. The van der Waals surface area contributed by atoms with Gasteiger partial charge >= 0.3 is 0 Å². The van der Waals surface area contributed by atoms with E-state index in [2.05, 4.69) is 24.9 Å². The normalized spacial score (nSPS) is 19.3. The summed E-state index contributed by atoms with van der Waals surface area (Å²) in [7, 11) is 1.61. The zero-order chi connectivity index (χ0) is 15.5. The molecule has 0 unspecified atom stereocenters. The van der Waals surface area contributed by atoms with Crippen LogP contribution in [0.5, 0.6) is 0 Å². The van der Waals surface area contributed by atoms with Crippen LogP contribution >= 0.6 is 23.1 Å². The molecule has 7 nitrogen and oxygen atoms in total. The molecule has 1 saturated heterocycles. The second-order valence-electron chi connectivity index (χ2n) is 5.28. The van der Waals surface area contributed by atoms with Gasteiger partial charge in [0.25, 0.3) is 5.91 Å². The lowest BCUT2D eigenvalue weighted by Gasteiger charge is -2.32. The number of amides is 1. The molecule has 1 amide bonds. The Labute approximate surface area is 137 Å². The fraction of sp³-hybridized carbons (Fsp3) is 0.538. The third-order valence-electron chi connectivity index (χ3n) is 3.81. The number of likely N-dealkylation sites (tertiary alicyclic amines) is 1. The van der Waals surface area contributed by atoms with Crippen LogP contribution in [0.15, 0.2) is 12.3 Å². The van der Waals surface area contributed by atoms with E-state index in [-0.39, 0.29) is 11.9 Å². The van der Waals surface area contributed by atoms with Gasteiger partial charge < -0.3 is 5.32 Å². The summed E-state index contributed by atoms with van der Waals surface area (Å²) < 4.78 is 6.41. The first kappa shape index (κ1) is 15.4. The van der Waals surface area contributed by atoms with Crippen LogP contribution in [0.1, 0.15) is 35.1 Å². The predicted octanol–water partition coefficient (Wildman–Crippen LogP) is 1.58. The highest BCUT2D eigenvalue weighted by Gasteiger charge is 2.24. The molecule has 0 spiro atoms. The molecule has 118 valence electrons. The highest BCUT2D eigenvalue weighted by molar-refractivity contribution is 7.10. The summed E-state index contributed by atoms with van der Waals surface area (Å²) in [6.07, 6.45) is 4.00. The van der Waals surface area contributed by atoms with Crippen LogP contribution in [0.2, 0.25) is 4.34 Å². The number of rotatable bonds is 4. The number of hydrogen-bond donors (Lipinski definition) is 1. The Morgan fingerprint density at radius 1 is 1.59 bits per heavy atom. The van der Waals surface area contributed by atoms with Crippen LogP contribution in [-0.4, -0.2) is 50.3 Å². The molecule has 0 bridgehead atoms. The molecule has 0 saturated carbocycles. The minimum Gasteiger partial charge on any atom is -0.354 e. The average molecular weight is 341 g/mol. The lowest BCUT2D eigenvalue weighted by atomic mass is 10.1. The Hall–Kier alpha value is -1.51. The molecule has 0 aromatic carbocycles. The molecular weight excluding hydrogens is 324 g/mol. The maximum atomic E-state index is 11.6. The summed E-state index contributed by atoms with van der Waals surface area (Å²) in [6.45, 7) is 2.58. The molecular formula is C13H17ClN6OS. The molecule has 0 aliphatic carbocycles. The van der Waals surface area contributed by atoms with E-state index in [1.807, 2.05) is 10.9 Å². The molecule has 1 aliphatic heterocycles. The topological polar surface area (TPSA) is 75.9 Å². The first-order valence-corrected chi connectivity index (χ1v) is 8.29. The van der Waals surface area contributed by atoms with Crippen molar-refractivity contribution in [3.63, 3.8) is 0 Å². The summed E-state index contributed by atoms with van der Waals surface area (Å²) in [5.74, 6) is -0.160. The largest absolute Gasteiger partial charge is 0.354 e. The van der Waals surface area contributed by atoms with E-state index in [9.17, 15) is 4.79 Å². The highest BCUT2D eigenvalue weighted by Crippen LogP contribution is 2.25. The molecule has 1 N–H and O–H groups in total. The summed E-state index contributed by atoms with van der Waals surface area (Å²) >= 11 is 7.29. The fourth-order valence-corrected chi connectivity index (χ4v) is 3.30. The zero-order valence-corrected chi connectivity index (χ0v) is 13.8. The van der Waals surface area contributed by atoms with E-state index < -0.39 is 0 Å². The molecule has 3 heterocycles. The van der Waals surface area contributed by atoms with Crippen LogP contribution < -0.4 is 5.32 Å². The monoisotopic (exact) mass is 340 g/mol. The van der Waals surface area contributed by atoms with Gasteiger partial charge in [0.15, 0.2) is 0 Å². The third kappa shape index (κ3) is 3.29. The van der Waals surface area contributed by atoms with E-state index >= 15 is 0 Å². The van der Waals surface area contributed by atoms with Gasteiger partial charge in [0.05, 0.1) is 6.04 Å². The van der Waals surface area contributed by atoms with Gasteiger partial charge in [-0.1, -0.05) is 16.1 Å². The molecule has 22 heavy (non-hydrogen) atoms. The van der Waals surface area contributed by atoms with Gasteiger partial charge in [0, 0.05) is 37.9 Å². The van der Waals surface area contributed by atoms with Crippen molar-refractivity contribution in [1.82, 2.24) is 29.6 Å². The van der Waals surface area contributed by atoms with Crippen molar-refractivity contribution in [3.8, 4) is 0 Å². The number of aromatic nitrogens is 4. The van der Waals surface area contributed by atoms with Crippen molar-refractivity contribution in [3.05, 3.63) is 28.0 Å². The second kappa shape index (κ2) is 6.72. The first-order chi connectivity index (χ1) is 10.7. The number of piperidine rings is 1.